The van der Waals surface area contributed by atoms with Crippen molar-refractivity contribution < 1.29 is 4.39 Å². The average molecular weight is 236 g/mol. The van der Waals surface area contributed by atoms with Gasteiger partial charge in [0.15, 0.2) is 0 Å². The van der Waals surface area contributed by atoms with Gasteiger partial charge in [0.25, 0.3) is 0 Å². The molecule has 1 aliphatic rings. The molecule has 0 unspecified atom stereocenters. The molecule has 0 aliphatic heterocycles. The molecule has 4 nitrogen and oxygen atoms in total. The van der Waals surface area contributed by atoms with Crippen LogP contribution in [0.2, 0.25) is 0 Å². The summed E-state index contributed by atoms with van der Waals surface area (Å²) in [6, 6.07) is 7.08. The lowest BCUT2D eigenvalue weighted by Gasteiger charge is -2.07. The fourth-order valence-electron chi connectivity index (χ4n) is 1.54. The van der Waals surface area contributed by atoms with E-state index in [-0.39, 0.29) is 5.82 Å². The number of halogens is 1. The zero-order valence-corrected chi connectivity index (χ0v) is 9.62. The minimum Gasteiger partial charge on any atom is -0.353 e. The number of hydrazine groups is 1. The van der Waals surface area contributed by atoms with Crippen LogP contribution in [-0.4, -0.2) is 18.5 Å². The molecule has 5 heteroatoms. The number of guanidine groups is 1. The smallest absolute Gasteiger partial charge is 0.205 e. The standard InChI is InChI=1S/C12H17FN4/c13-10-3-1-2-9(8-10)6-7-15-12(17-14)16-11-4-5-11/h1-3,8,11H,4-7,14H2,(H2,15,16,17). The molecule has 0 radical (unpaired) electrons. The van der Waals surface area contributed by atoms with E-state index in [4.69, 9.17) is 5.84 Å². The summed E-state index contributed by atoms with van der Waals surface area (Å²) in [4.78, 5) is 4.29. The highest BCUT2D eigenvalue weighted by molar-refractivity contribution is 5.79. The van der Waals surface area contributed by atoms with Crippen LogP contribution in [0.1, 0.15) is 18.4 Å². The minimum atomic E-state index is -0.209. The molecule has 0 atom stereocenters. The van der Waals surface area contributed by atoms with Crippen LogP contribution in [0.15, 0.2) is 29.3 Å². The molecule has 92 valence electrons. The maximum Gasteiger partial charge on any atom is 0.205 e. The van der Waals surface area contributed by atoms with Gasteiger partial charge in [-0.15, -0.1) is 0 Å². The number of benzene rings is 1. The van der Waals surface area contributed by atoms with Crippen LogP contribution in [0, 0.1) is 5.82 Å². The van der Waals surface area contributed by atoms with Gasteiger partial charge in [-0.1, -0.05) is 12.1 Å². The molecule has 17 heavy (non-hydrogen) atoms. The van der Waals surface area contributed by atoms with Crippen molar-refractivity contribution in [3.8, 4) is 0 Å². The van der Waals surface area contributed by atoms with Crippen LogP contribution in [0.25, 0.3) is 0 Å². The molecule has 1 fully saturated rings. The Kier molecular flexibility index (Phi) is 3.93. The maximum absolute atomic E-state index is 12.9. The predicted octanol–water partition coefficient (Wildman–Crippen LogP) is 0.940. The van der Waals surface area contributed by atoms with Crippen molar-refractivity contribution in [2.75, 3.05) is 6.54 Å². The van der Waals surface area contributed by atoms with E-state index in [0.717, 1.165) is 5.56 Å². The van der Waals surface area contributed by atoms with E-state index in [1.165, 1.54) is 25.0 Å². The number of nitrogens with zero attached hydrogens (tertiary/aromatic N) is 1. The normalized spacial score (nSPS) is 15.8. The zero-order valence-electron chi connectivity index (χ0n) is 9.62. The van der Waals surface area contributed by atoms with E-state index in [0.29, 0.717) is 25.0 Å². The first-order valence-corrected chi connectivity index (χ1v) is 5.80. The van der Waals surface area contributed by atoms with Crippen molar-refractivity contribution in [2.45, 2.75) is 25.3 Å². The second-order valence-corrected chi connectivity index (χ2v) is 4.17. The van der Waals surface area contributed by atoms with E-state index in [1.807, 2.05) is 6.07 Å². The summed E-state index contributed by atoms with van der Waals surface area (Å²) in [5, 5.41) is 3.18. The lowest BCUT2D eigenvalue weighted by Crippen LogP contribution is -2.42. The van der Waals surface area contributed by atoms with Gasteiger partial charge in [-0.3, -0.25) is 10.4 Å². The lowest BCUT2D eigenvalue weighted by molar-refractivity contribution is 0.625. The molecule has 4 N–H and O–H groups in total. The number of nitrogens with two attached hydrogens (primary N) is 1. The highest BCUT2D eigenvalue weighted by Crippen LogP contribution is 2.18. The Balaban J connectivity index is 1.82. The molecule has 1 saturated carbocycles. The summed E-state index contributed by atoms with van der Waals surface area (Å²) in [5.74, 6) is 5.76. The number of hydrogen-bond donors (Lipinski definition) is 3. The zero-order chi connectivity index (χ0) is 12.1. The van der Waals surface area contributed by atoms with Crippen molar-refractivity contribution in [1.82, 2.24) is 10.7 Å². The monoisotopic (exact) mass is 236 g/mol. The second-order valence-electron chi connectivity index (χ2n) is 4.17. The van der Waals surface area contributed by atoms with Crippen LogP contribution in [-0.2, 0) is 6.42 Å². The van der Waals surface area contributed by atoms with Gasteiger partial charge in [-0.25, -0.2) is 10.2 Å². The third-order valence-electron chi connectivity index (χ3n) is 2.61. The van der Waals surface area contributed by atoms with E-state index in [1.54, 1.807) is 6.07 Å². The Bertz CT molecular complexity index is 401. The van der Waals surface area contributed by atoms with Gasteiger partial charge in [0.05, 0.1) is 0 Å². The highest BCUT2D eigenvalue weighted by Gasteiger charge is 2.21. The van der Waals surface area contributed by atoms with Crippen molar-refractivity contribution >= 4 is 5.96 Å². The molecule has 0 aromatic heterocycles. The van der Waals surface area contributed by atoms with Crippen LogP contribution in [0.3, 0.4) is 0 Å². The summed E-state index contributed by atoms with van der Waals surface area (Å²) in [6.45, 7) is 0.586. The highest BCUT2D eigenvalue weighted by atomic mass is 19.1. The third-order valence-corrected chi connectivity index (χ3v) is 2.61. The van der Waals surface area contributed by atoms with Gasteiger partial charge in [-0.2, -0.15) is 0 Å². The quantitative estimate of drug-likeness (QED) is 0.315. The first-order valence-electron chi connectivity index (χ1n) is 5.80. The maximum atomic E-state index is 12.9. The van der Waals surface area contributed by atoms with E-state index in [9.17, 15) is 4.39 Å². The Labute approximate surface area is 100 Å². The molecular formula is C12H17FN4. The van der Waals surface area contributed by atoms with Crippen molar-refractivity contribution in [2.24, 2.45) is 10.8 Å². The minimum absolute atomic E-state index is 0.209. The topological polar surface area (TPSA) is 62.4 Å². The Hall–Kier alpha value is -1.62. The summed E-state index contributed by atoms with van der Waals surface area (Å²) in [5.41, 5.74) is 3.48. The number of aliphatic imine (C=N–C) groups is 1. The Morgan fingerprint density at radius 1 is 1.47 bits per heavy atom. The summed E-state index contributed by atoms with van der Waals surface area (Å²) >= 11 is 0. The van der Waals surface area contributed by atoms with Crippen LogP contribution in [0.5, 0.6) is 0 Å². The number of rotatable bonds is 4. The van der Waals surface area contributed by atoms with Crippen molar-refractivity contribution in [3.05, 3.63) is 35.6 Å². The molecule has 0 saturated heterocycles. The lowest BCUT2D eigenvalue weighted by atomic mass is 10.1. The fraction of sp³-hybridized carbons (Fsp3) is 0.417. The first kappa shape index (κ1) is 11.9. The second kappa shape index (κ2) is 5.63. The molecule has 2 rings (SSSR count). The van der Waals surface area contributed by atoms with E-state index in [2.05, 4.69) is 15.7 Å². The summed E-state index contributed by atoms with van der Waals surface area (Å²) in [6.07, 6.45) is 3.05. The van der Waals surface area contributed by atoms with Gasteiger partial charge in [-0.05, 0) is 37.0 Å². The SMILES string of the molecule is NNC(=NCCc1cccc(F)c1)NC1CC1. The Morgan fingerprint density at radius 2 is 2.29 bits per heavy atom. The van der Waals surface area contributed by atoms with Gasteiger partial charge in [0, 0.05) is 12.6 Å². The van der Waals surface area contributed by atoms with Crippen molar-refractivity contribution in [1.29, 1.82) is 0 Å². The molecule has 1 aromatic carbocycles. The summed E-state index contributed by atoms with van der Waals surface area (Å²) in [7, 11) is 0. The third kappa shape index (κ3) is 4.03. The van der Waals surface area contributed by atoms with Crippen LogP contribution >= 0.6 is 0 Å². The Morgan fingerprint density at radius 3 is 2.94 bits per heavy atom. The van der Waals surface area contributed by atoms with Crippen LogP contribution in [0.4, 0.5) is 4.39 Å². The average Bonchev–Trinajstić information content (AvgIpc) is 3.12. The molecular weight excluding hydrogens is 219 g/mol. The summed E-state index contributed by atoms with van der Waals surface area (Å²) < 4.78 is 12.9. The largest absolute Gasteiger partial charge is 0.353 e. The van der Waals surface area contributed by atoms with Crippen molar-refractivity contribution in [3.63, 3.8) is 0 Å². The van der Waals surface area contributed by atoms with Gasteiger partial charge in [0.2, 0.25) is 5.96 Å². The predicted molar refractivity (Wildman–Crippen MR) is 65.9 cm³/mol. The fourth-order valence-corrected chi connectivity index (χ4v) is 1.54. The number of nitrogens with one attached hydrogen (secondary N) is 2. The number of hydrogen-bond acceptors (Lipinski definition) is 2. The van der Waals surface area contributed by atoms with E-state index < -0.39 is 0 Å². The van der Waals surface area contributed by atoms with Gasteiger partial charge in [0.1, 0.15) is 5.82 Å². The van der Waals surface area contributed by atoms with Gasteiger partial charge >= 0.3 is 0 Å². The molecule has 1 aliphatic carbocycles. The molecule has 0 heterocycles. The van der Waals surface area contributed by atoms with Gasteiger partial charge < -0.3 is 5.32 Å². The van der Waals surface area contributed by atoms with E-state index >= 15 is 0 Å². The van der Waals surface area contributed by atoms with Crippen LogP contribution < -0.4 is 16.6 Å². The molecule has 0 bridgehead atoms. The molecule has 1 aromatic rings. The first-order chi connectivity index (χ1) is 8.28. The molecule has 0 amide bonds. The molecule has 0 spiro atoms.